The van der Waals surface area contributed by atoms with Gasteiger partial charge >= 0.3 is 5.97 Å². The van der Waals surface area contributed by atoms with Gasteiger partial charge in [0, 0.05) is 16.2 Å². The van der Waals surface area contributed by atoms with Gasteiger partial charge in [0.25, 0.3) is 0 Å². The van der Waals surface area contributed by atoms with E-state index in [1.807, 2.05) is 24.3 Å². The van der Waals surface area contributed by atoms with Crippen LogP contribution in [0.2, 0.25) is 5.02 Å². The standard InChI is InChI=1S/C13H7BrClN3O2/c14-9-4-2-1-3-8(9)11-16-17-12-10(15)5-7(13(19)20)6-18(11)12/h1-6H,(H,19,20). The Kier molecular flexibility index (Phi) is 3.19. The first-order chi connectivity index (χ1) is 9.58. The predicted octanol–water partition coefficient (Wildman–Crippen LogP) is 3.51. The highest BCUT2D eigenvalue weighted by Crippen LogP contribution is 2.29. The number of benzene rings is 1. The number of carboxylic acid groups (broad SMARTS) is 1. The molecule has 0 spiro atoms. The van der Waals surface area contributed by atoms with Gasteiger partial charge in [-0.25, -0.2) is 4.79 Å². The number of rotatable bonds is 2. The van der Waals surface area contributed by atoms with Crippen LogP contribution in [-0.4, -0.2) is 25.7 Å². The summed E-state index contributed by atoms with van der Waals surface area (Å²) in [6.45, 7) is 0. The van der Waals surface area contributed by atoms with Crippen molar-refractivity contribution in [2.24, 2.45) is 0 Å². The van der Waals surface area contributed by atoms with E-state index in [0.29, 0.717) is 11.5 Å². The molecule has 0 saturated carbocycles. The number of hydrogen-bond donors (Lipinski definition) is 1. The quantitative estimate of drug-likeness (QED) is 0.766. The molecule has 2 heterocycles. The van der Waals surface area contributed by atoms with E-state index in [-0.39, 0.29) is 10.6 Å². The third kappa shape index (κ3) is 2.07. The molecule has 7 heteroatoms. The van der Waals surface area contributed by atoms with Crippen LogP contribution in [0.15, 0.2) is 41.0 Å². The van der Waals surface area contributed by atoms with Crippen LogP contribution in [0.25, 0.3) is 17.0 Å². The molecule has 0 aliphatic heterocycles. The number of hydrogen-bond acceptors (Lipinski definition) is 3. The molecule has 3 rings (SSSR count). The molecule has 5 nitrogen and oxygen atoms in total. The number of fused-ring (bicyclic) bond motifs is 1. The van der Waals surface area contributed by atoms with Crippen LogP contribution in [0.1, 0.15) is 10.4 Å². The second-order valence-electron chi connectivity index (χ2n) is 4.08. The maximum atomic E-state index is 11.1. The molecule has 1 aromatic carbocycles. The molecule has 0 fully saturated rings. The summed E-state index contributed by atoms with van der Waals surface area (Å²) in [5.74, 6) is -0.530. The second-order valence-corrected chi connectivity index (χ2v) is 5.34. The Morgan fingerprint density at radius 2 is 2.05 bits per heavy atom. The van der Waals surface area contributed by atoms with Crippen molar-refractivity contribution in [1.82, 2.24) is 14.6 Å². The van der Waals surface area contributed by atoms with Crippen LogP contribution >= 0.6 is 27.5 Å². The van der Waals surface area contributed by atoms with Gasteiger partial charge in [-0.3, -0.25) is 4.40 Å². The molecule has 0 bridgehead atoms. The Hall–Kier alpha value is -1.92. The number of aromatic nitrogens is 3. The Bertz CT molecular complexity index is 832. The highest BCUT2D eigenvalue weighted by atomic mass is 79.9. The molecule has 0 aliphatic carbocycles. The van der Waals surface area contributed by atoms with Crippen LogP contribution in [0.4, 0.5) is 0 Å². The van der Waals surface area contributed by atoms with Crippen molar-refractivity contribution in [3.05, 3.63) is 51.6 Å². The van der Waals surface area contributed by atoms with Crippen LogP contribution < -0.4 is 0 Å². The first kappa shape index (κ1) is 13.1. The van der Waals surface area contributed by atoms with Gasteiger partial charge in [0.15, 0.2) is 11.5 Å². The fraction of sp³-hybridized carbons (Fsp3) is 0. The van der Waals surface area contributed by atoms with Crippen LogP contribution in [0, 0.1) is 0 Å². The molecule has 2 aromatic heterocycles. The molecule has 20 heavy (non-hydrogen) atoms. The number of pyridine rings is 1. The molecule has 0 atom stereocenters. The predicted molar refractivity (Wildman–Crippen MR) is 78.1 cm³/mol. The molecule has 100 valence electrons. The minimum absolute atomic E-state index is 0.0793. The van der Waals surface area contributed by atoms with Crippen LogP contribution in [0.3, 0.4) is 0 Å². The lowest BCUT2D eigenvalue weighted by Gasteiger charge is -2.04. The van der Waals surface area contributed by atoms with Gasteiger partial charge in [0.2, 0.25) is 0 Å². The molecular weight excluding hydrogens is 346 g/mol. The van der Waals surface area contributed by atoms with Crippen LogP contribution in [-0.2, 0) is 0 Å². The van der Waals surface area contributed by atoms with Crippen molar-refractivity contribution in [3.8, 4) is 11.4 Å². The molecule has 0 saturated heterocycles. The summed E-state index contributed by atoms with van der Waals surface area (Å²) < 4.78 is 2.41. The van der Waals surface area contributed by atoms with E-state index < -0.39 is 5.97 Å². The Balaban J connectivity index is 2.33. The third-order valence-electron chi connectivity index (χ3n) is 2.82. The minimum atomic E-state index is -1.06. The summed E-state index contributed by atoms with van der Waals surface area (Å²) in [6.07, 6.45) is 1.46. The number of aromatic carboxylic acids is 1. The SMILES string of the molecule is O=C(O)c1cc(Cl)c2nnc(-c3ccccc3Br)n2c1. The normalized spacial score (nSPS) is 10.9. The molecule has 0 unspecified atom stereocenters. The summed E-state index contributed by atoms with van der Waals surface area (Å²) in [6, 6.07) is 8.84. The maximum absolute atomic E-state index is 11.1. The van der Waals surface area contributed by atoms with Gasteiger partial charge < -0.3 is 5.11 Å². The van der Waals surface area contributed by atoms with Crippen molar-refractivity contribution < 1.29 is 9.90 Å². The van der Waals surface area contributed by atoms with Gasteiger partial charge in [0.05, 0.1) is 10.6 Å². The fourth-order valence-electron chi connectivity index (χ4n) is 1.90. The van der Waals surface area contributed by atoms with Crippen LogP contribution in [0.5, 0.6) is 0 Å². The molecule has 0 amide bonds. The molecule has 0 radical (unpaired) electrons. The number of halogens is 2. The third-order valence-corrected chi connectivity index (χ3v) is 3.79. The van der Waals surface area contributed by atoms with Gasteiger partial charge in [-0.05, 0) is 12.1 Å². The van der Waals surface area contributed by atoms with Gasteiger partial charge in [-0.1, -0.05) is 45.7 Å². The van der Waals surface area contributed by atoms with Crippen molar-refractivity contribution in [2.75, 3.05) is 0 Å². The first-order valence-electron chi connectivity index (χ1n) is 5.60. The average molecular weight is 353 g/mol. The minimum Gasteiger partial charge on any atom is -0.478 e. The van der Waals surface area contributed by atoms with Crippen molar-refractivity contribution in [1.29, 1.82) is 0 Å². The van der Waals surface area contributed by atoms with E-state index in [4.69, 9.17) is 16.7 Å². The average Bonchev–Trinajstić information content (AvgIpc) is 2.83. The summed E-state index contributed by atoms with van der Waals surface area (Å²) in [5.41, 5.74) is 1.30. The van der Waals surface area contributed by atoms with Crippen molar-refractivity contribution in [2.45, 2.75) is 0 Å². The molecule has 0 aliphatic rings. The number of carboxylic acids is 1. The lowest BCUT2D eigenvalue weighted by atomic mass is 10.2. The number of nitrogens with zero attached hydrogens (tertiary/aromatic N) is 3. The summed E-state index contributed by atoms with van der Waals surface area (Å²) in [5, 5.41) is 17.4. The molecule has 1 N–H and O–H groups in total. The maximum Gasteiger partial charge on any atom is 0.337 e. The molecular formula is C13H7BrClN3O2. The fourth-order valence-corrected chi connectivity index (χ4v) is 2.61. The smallest absolute Gasteiger partial charge is 0.337 e. The Morgan fingerprint density at radius 3 is 2.75 bits per heavy atom. The van der Waals surface area contributed by atoms with E-state index >= 15 is 0 Å². The summed E-state index contributed by atoms with van der Waals surface area (Å²) >= 11 is 9.49. The van der Waals surface area contributed by atoms with E-state index in [1.54, 1.807) is 4.40 Å². The van der Waals surface area contributed by atoms with E-state index in [1.165, 1.54) is 12.3 Å². The number of carbonyl (C=O) groups is 1. The largest absolute Gasteiger partial charge is 0.478 e. The zero-order valence-electron chi connectivity index (χ0n) is 9.92. The zero-order valence-corrected chi connectivity index (χ0v) is 12.3. The second kappa shape index (κ2) is 4.88. The lowest BCUT2D eigenvalue weighted by molar-refractivity contribution is 0.0696. The van der Waals surface area contributed by atoms with E-state index in [9.17, 15) is 4.79 Å². The first-order valence-corrected chi connectivity index (χ1v) is 6.77. The Morgan fingerprint density at radius 1 is 1.30 bits per heavy atom. The topological polar surface area (TPSA) is 67.5 Å². The van der Waals surface area contributed by atoms with Crippen molar-refractivity contribution in [3.63, 3.8) is 0 Å². The Labute approximate surface area is 127 Å². The summed E-state index contributed by atoms with van der Waals surface area (Å²) in [7, 11) is 0. The highest BCUT2D eigenvalue weighted by molar-refractivity contribution is 9.10. The zero-order chi connectivity index (χ0) is 14.3. The lowest BCUT2D eigenvalue weighted by Crippen LogP contribution is -2.00. The van der Waals surface area contributed by atoms with Gasteiger partial charge in [-0.2, -0.15) is 0 Å². The van der Waals surface area contributed by atoms with Gasteiger partial charge in [-0.15, -0.1) is 10.2 Å². The van der Waals surface area contributed by atoms with Crippen molar-refractivity contribution >= 4 is 39.1 Å². The highest BCUT2D eigenvalue weighted by Gasteiger charge is 2.15. The molecule has 3 aromatic rings. The summed E-state index contributed by atoms with van der Waals surface area (Å²) in [4.78, 5) is 11.1. The van der Waals surface area contributed by atoms with E-state index in [2.05, 4.69) is 26.1 Å². The monoisotopic (exact) mass is 351 g/mol. The van der Waals surface area contributed by atoms with E-state index in [0.717, 1.165) is 10.0 Å². The van der Waals surface area contributed by atoms with Gasteiger partial charge in [0.1, 0.15) is 0 Å².